The number of carboxylic acid groups (broad SMARTS) is 2. The van der Waals surface area contributed by atoms with Crippen LogP contribution in [0.1, 0.15) is 246 Å². The molecule has 66 heavy (non-hydrogen) atoms. The Kier molecular flexibility index (Phi) is 27.9. The fourth-order valence-electron chi connectivity index (χ4n) is 9.50. The molecule has 370 valence electrons. The van der Waals surface area contributed by atoms with Gasteiger partial charge in [0, 0.05) is 21.5 Å². The summed E-state index contributed by atoms with van der Waals surface area (Å²) in [5.41, 5.74) is 0.452. The first-order valence-corrected chi connectivity index (χ1v) is 26.7. The molecule has 0 saturated carbocycles. The summed E-state index contributed by atoms with van der Waals surface area (Å²) in [6.45, 7) is 10.7. The van der Waals surface area contributed by atoms with Crippen molar-refractivity contribution in [3.63, 3.8) is 0 Å². The van der Waals surface area contributed by atoms with E-state index < -0.39 is 41.1 Å². The van der Waals surface area contributed by atoms with Crippen LogP contribution in [0, 0.1) is 11.8 Å². The van der Waals surface area contributed by atoms with Crippen LogP contribution in [0.2, 0.25) is 0 Å². The average Bonchev–Trinajstić information content (AvgIpc) is 3.28. The number of unbranched alkanes of at least 4 members (excludes halogenated alkanes) is 26. The third-order valence-electron chi connectivity index (χ3n) is 13.5. The van der Waals surface area contributed by atoms with Crippen LogP contribution in [0.4, 0.5) is 0 Å². The highest BCUT2D eigenvalue weighted by Crippen LogP contribution is 2.47. The van der Waals surface area contributed by atoms with Crippen LogP contribution < -0.4 is 9.47 Å². The van der Waals surface area contributed by atoms with Gasteiger partial charge in [0.25, 0.3) is 0 Å². The molecule has 8 nitrogen and oxygen atoms in total. The van der Waals surface area contributed by atoms with Gasteiger partial charge < -0.3 is 19.7 Å². The number of fused-ring (bicyclic) bond motifs is 2. The Morgan fingerprint density at radius 1 is 0.439 bits per heavy atom. The van der Waals surface area contributed by atoms with Crippen LogP contribution in [0.15, 0.2) is 42.5 Å². The van der Waals surface area contributed by atoms with E-state index in [2.05, 4.69) is 34.6 Å². The molecular weight excluding hydrogens is 825 g/mol. The third-order valence-corrected chi connectivity index (χ3v) is 13.5. The first-order valence-electron chi connectivity index (χ1n) is 26.7. The predicted octanol–water partition coefficient (Wildman–Crippen LogP) is 17.0. The summed E-state index contributed by atoms with van der Waals surface area (Å²) in [5, 5.41) is 22.5. The minimum absolute atomic E-state index is 0.255. The maximum Gasteiger partial charge on any atom is 0.312 e. The van der Waals surface area contributed by atoms with Gasteiger partial charge in [-0.25, -0.2) is 0 Å². The van der Waals surface area contributed by atoms with Crippen molar-refractivity contribution in [3.8, 4) is 11.5 Å². The van der Waals surface area contributed by atoms with Gasteiger partial charge in [-0.3, -0.25) is 19.2 Å². The summed E-state index contributed by atoms with van der Waals surface area (Å²) in [6.07, 6.45) is 34.3. The summed E-state index contributed by atoms with van der Waals surface area (Å²) in [6, 6.07) is 12.9. The van der Waals surface area contributed by atoms with E-state index >= 15 is 0 Å². The van der Waals surface area contributed by atoms with E-state index in [-0.39, 0.29) is 12.8 Å². The van der Waals surface area contributed by atoms with Crippen molar-refractivity contribution in [1.29, 1.82) is 0 Å². The van der Waals surface area contributed by atoms with Crippen LogP contribution in [-0.2, 0) is 24.6 Å². The second-order valence-corrected chi connectivity index (χ2v) is 20.4. The van der Waals surface area contributed by atoms with Gasteiger partial charge in [0.1, 0.15) is 11.5 Å². The standard InChI is InChI=1S/C58H90O8/c1-6-8-10-12-14-16-18-20-22-24-26-28-30-32-37-45(56(61)62)43-51(59)65-54-47-39-34-35-40-48(47)55(53-49(54)41-36-42-50(53)58(3,4)5)66-52(60)44-46(57(63)64)38-33-31-29-27-25-23-21-19-17-15-13-11-9-7-2/h34-36,39-42,45-46H,6-33,37-38,43-44H2,1-5H3,(H,61,62)(H,63,64). The zero-order chi connectivity index (χ0) is 48.0. The van der Waals surface area contributed by atoms with E-state index in [0.29, 0.717) is 45.9 Å². The predicted molar refractivity (Wildman–Crippen MR) is 273 cm³/mol. The lowest BCUT2D eigenvalue weighted by Crippen LogP contribution is -2.22. The zero-order valence-electron chi connectivity index (χ0n) is 42.2. The lowest BCUT2D eigenvalue weighted by molar-refractivity contribution is -0.147. The van der Waals surface area contributed by atoms with Crippen molar-refractivity contribution >= 4 is 45.4 Å². The van der Waals surface area contributed by atoms with E-state index in [1.165, 1.54) is 128 Å². The zero-order valence-corrected chi connectivity index (χ0v) is 42.2. The fourth-order valence-corrected chi connectivity index (χ4v) is 9.50. The Morgan fingerprint density at radius 2 is 0.758 bits per heavy atom. The Balaban J connectivity index is 1.61. The summed E-state index contributed by atoms with van der Waals surface area (Å²) in [4.78, 5) is 52.3. The molecule has 0 heterocycles. The van der Waals surface area contributed by atoms with Crippen LogP contribution in [0.25, 0.3) is 21.5 Å². The fraction of sp³-hybridized carbons (Fsp3) is 0.690. The molecule has 0 aromatic heterocycles. The Hall–Kier alpha value is -3.94. The van der Waals surface area contributed by atoms with Gasteiger partial charge in [-0.15, -0.1) is 0 Å². The number of esters is 2. The molecule has 0 amide bonds. The van der Waals surface area contributed by atoms with E-state index in [4.69, 9.17) is 9.47 Å². The van der Waals surface area contributed by atoms with Crippen molar-refractivity contribution < 1.29 is 38.9 Å². The molecule has 0 bridgehead atoms. The normalized spacial score (nSPS) is 12.7. The van der Waals surface area contributed by atoms with Crippen molar-refractivity contribution in [3.05, 3.63) is 48.0 Å². The average molecular weight is 915 g/mol. The summed E-state index contributed by atoms with van der Waals surface area (Å²) >= 11 is 0. The quantitative estimate of drug-likeness (QED) is 0.0252. The lowest BCUT2D eigenvalue weighted by Gasteiger charge is -2.25. The highest BCUT2D eigenvalue weighted by atomic mass is 16.5. The van der Waals surface area contributed by atoms with Crippen LogP contribution in [0.5, 0.6) is 11.5 Å². The Morgan fingerprint density at radius 3 is 1.11 bits per heavy atom. The number of ether oxygens (including phenoxy) is 2. The summed E-state index contributed by atoms with van der Waals surface area (Å²) in [7, 11) is 0. The lowest BCUT2D eigenvalue weighted by atomic mass is 9.82. The molecule has 3 aromatic rings. The van der Waals surface area contributed by atoms with Gasteiger partial charge in [0.15, 0.2) is 0 Å². The number of carboxylic acids is 2. The van der Waals surface area contributed by atoms with E-state index in [1.54, 1.807) is 6.07 Å². The molecule has 0 radical (unpaired) electrons. The number of hydrogen-bond acceptors (Lipinski definition) is 6. The van der Waals surface area contributed by atoms with Gasteiger partial charge >= 0.3 is 23.9 Å². The van der Waals surface area contributed by atoms with E-state index in [9.17, 15) is 29.4 Å². The topological polar surface area (TPSA) is 127 Å². The molecule has 0 spiro atoms. The second-order valence-electron chi connectivity index (χ2n) is 20.4. The van der Waals surface area contributed by atoms with Gasteiger partial charge in [-0.05, 0) is 23.8 Å². The summed E-state index contributed by atoms with van der Waals surface area (Å²) in [5.74, 6) is -4.38. The highest BCUT2D eigenvalue weighted by molar-refractivity contribution is 6.14. The maximum absolute atomic E-state index is 13.8. The minimum Gasteiger partial charge on any atom is -0.481 e. The van der Waals surface area contributed by atoms with Crippen molar-refractivity contribution in [1.82, 2.24) is 0 Å². The first-order chi connectivity index (χ1) is 31.9. The van der Waals surface area contributed by atoms with Crippen molar-refractivity contribution in [2.24, 2.45) is 11.8 Å². The number of aliphatic carboxylic acids is 2. The van der Waals surface area contributed by atoms with Crippen LogP contribution in [0.3, 0.4) is 0 Å². The molecule has 2 N–H and O–H groups in total. The molecular formula is C58H90O8. The molecule has 8 heteroatoms. The van der Waals surface area contributed by atoms with E-state index in [1.807, 2.05) is 36.4 Å². The summed E-state index contributed by atoms with van der Waals surface area (Å²) < 4.78 is 12.4. The third kappa shape index (κ3) is 21.3. The van der Waals surface area contributed by atoms with Gasteiger partial charge in [0.2, 0.25) is 0 Å². The smallest absolute Gasteiger partial charge is 0.312 e. The molecule has 3 aromatic carbocycles. The largest absolute Gasteiger partial charge is 0.481 e. The molecule has 0 aliphatic rings. The molecule has 0 fully saturated rings. The maximum atomic E-state index is 13.8. The molecule has 2 unspecified atom stereocenters. The molecule has 0 aliphatic heterocycles. The Labute approximate surface area is 399 Å². The first kappa shape index (κ1) is 56.4. The van der Waals surface area contributed by atoms with Crippen molar-refractivity contribution in [2.75, 3.05) is 0 Å². The van der Waals surface area contributed by atoms with E-state index in [0.717, 1.165) is 56.9 Å². The van der Waals surface area contributed by atoms with Gasteiger partial charge in [0.05, 0.1) is 24.7 Å². The number of rotatable bonds is 38. The Bertz CT molecular complexity index is 1860. The van der Waals surface area contributed by atoms with Crippen molar-refractivity contribution in [2.45, 2.75) is 245 Å². The minimum atomic E-state index is -1.00. The van der Waals surface area contributed by atoms with Gasteiger partial charge in [-0.1, -0.05) is 257 Å². The molecule has 2 atom stereocenters. The second kappa shape index (κ2) is 32.7. The number of benzene rings is 3. The van der Waals surface area contributed by atoms with Crippen LogP contribution >= 0.6 is 0 Å². The molecule has 0 saturated heterocycles. The molecule has 3 rings (SSSR count). The monoisotopic (exact) mass is 915 g/mol. The highest BCUT2D eigenvalue weighted by Gasteiger charge is 2.29. The number of hydrogen-bond donors (Lipinski definition) is 2. The number of carbonyl (C=O) groups is 4. The molecule has 0 aliphatic carbocycles. The SMILES string of the molecule is CCCCCCCCCCCCCCCCC(CC(=O)Oc1c2ccccc2c(OC(=O)CC(CCCCCCCCCCCCCCCC)C(=O)O)c2c(C(C)(C)C)cccc12)C(=O)O. The van der Waals surface area contributed by atoms with Crippen LogP contribution in [-0.4, -0.2) is 34.1 Å². The van der Waals surface area contributed by atoms with Gasteiger partial charge in [-0.2, -0.15) is 0 Å². The number of carbonyl (C=O) groups excluding carboxylic acids is 2.